The van der Waals surface area contributed by atoms with E-state index < -0.39 is 6.29 Å². The molecule has 1 aliphatic rings. The molecule has 26 heavy (non-hydrogen) atoms. The monoisotopic (exact) mass is 351 g/mol. The van der Waals surface area contributed by atoms with Crippen LogP contribution in [0.1, 0.15) is 11.1 Å². The zero-order valence-corrected chi connectivity index (χ0v) is 14.7. The number of para-hydroxylation sites is 1. The second-order valence-corrected chi connectivity index (χ2v) is 5.97. The average molecular weight is 351 g/mol. The molecule has 1 atom stereocenters. The fourth-order valence-corrected chi connectivity index (χ4v) is 2.93. The third kappa shape index (κ3) is 4.02. The highest BCUT2D eigenvalue weighted by atomic mass is 16.7. The molecular formula is C20H21N3O3. The molecule has 0 bridgehead atoms. The molecule has 1 fully saturated rings. The van der Waals surface area contributed by atoms with Crippen LogP contribution in [0.15, 0.2) is 54.6 Å². The molecule has 0 saturated carbocycles. The summed E-state index contributed by atoms with van der Waals surface area (Å²) in [4.78, 5) is 16.6. The van der Waals surface area contributed by atoms with Crippen molar-refractivity contribution in [3.05, 3.63) is 65.7 Å². The first-order chi connectivity index (χ1) is 12.7. The van der Waals surface area contributed by atoms with Gasteiger partial charge >= 0.3 is 6.03 Å². The van der Waals surface area contributed by atoms with Crippen LogP contribution in [0.25, 0.3) is 0 Å². The normalized spacial score (nSPS) is 16.8. The van der Waals surface area contributed by atoms with Gasteiger partial charge in [-0.2, -0.15) is 5.26 Å². The standard InChI is InChI=1S/C20H21N3O3/c1-25-19-15-22(11-12-26-19)20(24)23(14-16-7-3-2-4-8-16)18-10-6-5-9-17(18)13-21/h2-10,19H,11-12,14-15H2,1H3. The number of carbonyl (C=O) groups is 1. The number of anilines is 1. The summed E-state index contributed by atoms with van der Waals surface area (Å²) in [6.07, 6.45) is -0.433. The number of ether oxygens (including phenoxy) is 2. The Hall–Kier alpha value is -2.88. The largest absolute Gasteiger partial charge is 0.354 e. The van der Waals surface area contributed by atoms with Gasteiger partial charge in [0.05, 0.1) is 30.9 Å². The molecule has 134 valence electrons. The van der Waals surface area contributed by atoms with Crippen LogP contribution < -0.4 is 4.90 Å². The van der Waals surface area contributed by atoms with Crippen LogP contribution in [0.3, 0.4) is 0 Å². The fourth-order valence-electron chi connectivity index (χ4n) is 2.93. The zero-order chi connectivity index (χ0) is 18.4. The smallest absolute Gasteiger partial charge is 0.325 e. The maximum absolute atomic E-state index is 13.3. The highest BCUT2D eigenvalue weighted by Gasteiger charge is 2.29. The second-order valence-electron chi connectivity index (χ2n) is 5.97. The van der Waals surface area contributed by atoms with E-state index in [-0.39, 0.29) is 6.03 Å². The zero-order valence-electron chi connectivity index (χ0n) is 14.7. The summed E-state index contributed by atoms with van der Waals surface area (Å²) in [7, 11) is 1.56. The first kappa shape index (κ1) is 17.9. The Labute approximate surface area is 153 Å². The third-order valence-corrected chi connectivity index (χ3v) is 4.30. The number of carbonyl (C=O) groups excluding carboxylic acids is 1. The highest BCUT2D eigenvalue weighted by molar-refractivity contribution is 5.93. The molecule has 1 saturated heterocycles. The lowest BCUT2D eigenvalue weighted by Crippen LogP contribution is -2.51. The van der Waals surface area contributed by atoms with E-state index in [1.165, 1.54) is 0 Å². The quantitative estimate of drug-likeness (QED) is 0.849. The molecule has 2 amide bonds. The minimum atomic E-state index is -0.433. The van der Waals surface area contributed by atoms with Crippen molar-refractivity contribution in [2.45, 2.75) is 12.8 Å². The summed E-state index contributed by atoms with van der Waals surface area (Å²) in [5.41, 5.74) is 2.06. The van der Waals surface area contributed by atoms with Crippen LogP contribution in [-0.4, -0.2) is 44.0 Å². The van der Waals surface area contributed by atoms with Crippen LogP contribution in [0.2, 0.25) is 0 Å². The van der Waals surface area contributed by atoms with Crippen LogP contribution in [0.4, 0.5) is 10.5 Å². The number of hydrogen-bond donors (Lipinski definition) is 0. The number of nitrogens with zero attached hydrogens (tertiary/aromatic N) is 3. The number of hydrogen-bond acceptors (Lipinski definition) is 4. The minimum absolute atomic E-state index is 0.165. The van der Waals surface area contributed by atoms with Crippen molar-refractivity contribution in [1.29, 1.82) is 5.26 Å². The first-order valence-corrected chi connectivity index (χ1v) is 8.47. The highest BCUT2D eigenvalue weighted by Crippen LogP contribution is 2.24. The van der Waals surface area contributed by atoms with Gasteiger partial charge < -0.3 is 14.4 Å². The van der Waals surface area contributed by atoms with Gasteiger partial charge in [-0.3, -0.25) is 4.90 Å². The summed E-state index contributed by atoms with van der Waals surface area (Å²) in [5, 5.41) is 9.46. The summed E-state index contributed by atoms with van der Waals surface area (Å²) in [6, 6.07) is 18.9. The molecular weight excluding hydrogens is 330 g/mol. The van der Waals surface area contributed by atoms with Crippen LogP contribution in [0, 0.1) is 11.3 Å². The van der Waals surface area contributed by atoms with Gasteiger partial charge in [0, 0.05) is 13.7 Å². The van der Waals surface area contributed by atoms with Crippen LogP contribution in [-0.2, 0) is 16.0 Å². The van der Waals surface area contributed by atoms with Crippen molar-refractivity contribution in [3.8, 4) is 6.07 Å². The van der Waals surface area contributed by atoms with Crippen molar-refractivity contribution in [3.63, 3.8) is 0 Å². The number of urea groups is 1. The third-order valence-electron chi connectivity index (χ3n) is 4.30. The van der Waals surface area contributed by atoms with E-state index >= 15 is 0 Å². The summed E-state index contributed by atoms with van der Waals surface area (Å²) >= 11 is 0. The molecule has 2 aromatic carbocycles. The molecule has 2 aromatic rings. The Morgan fingerprint density at radius 1 is 1.27 bits per heavy atom. The SMILES string of the molecule is COC1CN(C(=O)N(Cc2ccccc2)c2ccccc2C#N)CCO1. The Balaban J connectivity index is 1.92. The van der Waals surface area contributed by atoms with Crippen LogP contribution in [0.5, 0.6) is 0 Å². The van der Waals surface area contributed by atoms with E-state index in [1.807, 2.05) is 36.4 Å². The molecule has 1 heterocycles. The molecule has 0 radical (unpaired) electrons. The lowest BCUT2D eigenvalue weighted by atomic mass is 10.1. The van der Waals surface area contributed by atoms with Crippen molar-refractivity contribution < 1.29 is 14.3 Å². The average Bonchev–Trinajstić information content (AvgIpc) is 2.72. The second kappa shape index (κ2) is 8.48. The molecule has 0 N–H and O–H groups in total. The van der Waals surface area contributed by atoms with Gasteiger partial charge in [0.15, 0.2) is 6.29 Å². The van der Waals surface area contributed by atoms with E-state index in [2.05, 4.69) is 6.07 Å². The number of benzene rings is 2. The summed E-state index contributed by atoms with van der Waals surface area (Å²) < 4.78 is 10.7. The Kier molecular flexibility index (Phi) is 5.84. The molecule has 1 unspecified atom stereocenters. The van der Waals surface area contributed by atoms with Crippen molar-refractivity contribution in [2.24, 2.45) is 0 Å². The van der Waals surface area contributed by atoms with E-state index in [0.29, 0.717) is 37.5 Å². The van der Waals surface area contributed by atoms with Crippen LogP contribution >= 0.6 is 0 Å². The number of methoxy groups -OCH3 is 1. The van der Waals surface area contributed by atoms with Crippen molar-refractivity contribution in [1.82, 2.24) is 4.90 Å². The van der Waals surface area contributed by atoms with Gasteiger partial charge in [-0.25, -0.2) is 4.79 Å². The van der Waals surface area contributed by atoms with E-state index in [0.717, 1.165) is 5.56 Å². The predicted molar refractivity (Wildman–Crippen MR) is 97.5 cm³/mol. The topological polar surface area (TPSA) is 65.8 Å². The Bertz CT molecular complexity index is 788. The van der Waals surface area contributed by atoms with E-state index in [1.54, 1.807) is 35.1 Å². The van der Waals surface area contributed by atoms with Gasteiger partial charge in [0.25, 0.3) is 0 Å². The number of nitriles is 1. The molecule has 0 aromatic heterocycles. The minimum Gasteiger partial charge on any atom is -0.354 e. The fraction of sp³-hybridized carbons (Fsp3) is 0.300. The first-order valence-electron chi connectivity index (χ1n) is 8.47. The van der Waals surface area contributed by atoms with Gasteiger partial charge in [-0.1, -0.05) is 42.5 Å². The lowest BCUT2D eigenvalue weighted by Gasteiger charge is -2.36. The van der Waals surface area contributed by atoms with E-state index in [4.69, 9.17) is 9.47 Å². The van der Waals surface area contributed by atoms with Gasteiger partial charge in [0.2, 0.25) is 0 Å². The molecule has 0 spiro atoms. The van der Waals surface area contributed by atoms with Crippen molar-refractivity contribution >= 4 is 11.7 Å². The maximum Gasteiger partial charge on any atom is 0.325 e. The Morgan fingerprint density at radius 3 is 2.73 bits per heavy atom. The maximum atomic E-state index is 13.3. The van der Waals surface area contributed by atoms with Crippen molar-refractivity contribution in [2.75, 3.05) is 31.7 Å². The Morgan fingerprint density at radius 2 is 2.00 bits per heavy atom. The predicted octanol–water partition coefficient (Wildman–Crippen LogP) is 2.99. The molecule has 1 aliphatic heterocycles. The van der Waals surface area contributed by atoms with Gasteiger partial charge in [-0.15, -0.1) is 0 Å². The van der Waals surface area contributed by atoms with Gasteiger partial charge in [-0.05, 0) is 17.7 Å². The molecule has 0 aliphatic carbocycles. The summed E-state index contributed by atoms with van der Waals surface area (Å²) in [5.74, 6) is 0. The number of amides is 2. The summed E-state index contributed by atoms with van der Waals surface area (Å²) in [6.45, 7) is 1.64. The molecule has 6 nitrogen and oxygen atoms in total. The lowest BCUT2D eigenvalue weighted by molar-refractivity contribution is -0.156. The van der Waals surface area contributed by atoms with E-state index in [9.17, 15) is 10.1 Å². The molecule has 6 heteroatoms. The number of rotatable bonds is 4. The number of morpholine rings is 1. The molecule has 3 rings (SSSR count). The van der Waals surface area contributed by atoms with Gasteiger partial charge in [0.1, 0.15) is 6.07 Å².